The van der Waals surface area contributed by atoms with Gasteiger partial charge in [0.25, 0.3) is 5.91 Å². The van der Waals surface area contributed by atoms with Gasteiger partial charge < -0.3 is 31.4 Å². The number of aromatic amines is 1. The van der Waals surface area contributed by atoms with Gasteiger partial charge in [-0.15, -0.1) is 0 Å². The molecule has 1 saturated carbocycles. The molecular formula is C25H31ClFN5O5. The Kier molecular flexibility index (Phi) is 7.36. The van der Waals surface area contributed by atoms with E-state index in [0.29, 0.717) is 12.8 Å². The minimum atomic E-state index is -1.08. The summed E-state index contributed by atoms with van der Waals surface area (Å²) in [7, 11) is 1.38. The van der Waals surface area contributed by atoms with Crippen LogP contribution < -0.4 is 26.4 Å². The predicted molar refractivity (Wildman–Crippen MR) is 134 cm³/mol. The first-order valence-corrected chi connectivity index (χ1v) is 12.5. The Morgan fingerprint density at radius 2 is 1.92 bits per heavy atom. The van der Waals surface area contributed by atoms with Crippen LogP contribution in [0.25, 0.3) is 10.9 Å². The van der Waals surface area contributed by atoms with E-state index in [0.717, 1.165) is 18.9 Å². The number of nitrogens with one attached hydrogen (secondary N) is 4. The van der Waals surface area contributed by atoms with E-state index in [-0.39, 0.29) is 45.6 Å². The van der Waals surface area contributed by atoms with E-state index in [1.807, 2.05) is 13.8 Å². The zero-order valence-corrected chi connectivity index (χ0v) is 21.6. The zero-order valence-electron chi connectivity index (χ0n) is 20.9. The molecule has 1 aromatic heterocycles. The number of hydrogen-bond donors (Lipinski definition) is 5. The van der Waals surface area contributed by atoms with E-state index >= 15 is 0 Å². The first-order valence-electron chi connectivity index (χ1n) is 12.2. The number of fused-ring (bicyclic) bond motifs is 1. The highest BCUT2D eigenvalue weighted by Gasteiger charge is 2.40. The zero-order chi connectivity index (χ0) is 27.1. The van der Waals surface area contributed by atoms with Crippen LogP contribution in [-0.2, 0) is 14.4 Å². The Morgan fingerprint density at radius 3 is 2.49 bits per heavy atom. The van der Waals surface area contributed by atoms with Crippen LogP contribution in [0, 0.1) is 17.7 Å². The summed E-state index contributed by atoms with van der Waals surface area (Å²) in [4.78, 5) is 53.4. The van der Waals surface area contributed by atoms with Gasteiger partial charge >= 0.3 is 0 Å². The van der Waals surface area contributed by atoms with Crippen molar-refractivity contribution in [3.05, 3.63) is 28.7 Å². The van der Waals surface area contributed by atoms with Gasteiger partial charge in [0.15, 0.2) is 0 Å². The third-order valence-corrected chi connectivity index (χ3v) is 7.16. The van der Waals surface area contributed by atoms with Crippen molar-refractivity contribution in [1.82, 2.24) is 20.9 Å². The molecule has 37 heavy (non-hydrogen) atoms. The van der Waals surface area contributed by atoms with E-state index < -0.39 is 47.1 Å². The van der Waals surface area contributed by atoms with E-state index in [1.165, 1.54) is 13.2 Å². The Morgan fingerprint density at radius 1 is 1.22 bits per heavy atom. The van der Waals surface area contributed by atoms with E-state index in [9.17, 15) is 23.6 Å². The fourth-order valence-corrected chi connectivity index (χ4v) is 5.15. The summed E-state index contributed by atoms with van der Waals surface area (Å²) in [6.45, 7) is 3.76. The number of rotatable bonds is 10. The van der Waals surface area contributed by atoms with Gasteiger partial charge in [0.05, 0.1) is 17.6 Å². The van der Waals surface area contributed by atoms with Crippen molar-refractivity contribution < 1.29 is 28.3 Å². The molecule has 1 saturated heterocycles. The van der Waals surface area contributed by atoms with Gasteiger partial charge in [0.1, 0.15) is 29.3 Å². The van der Waals surface area contributed by atoms with Crippen molar-refractivity contribution in [2.24, 2.45) is 17.6 Å². The molecule has 1 aromatic carbocycles. The molecule has 2 aromatic rings. The summed E-state index contributed by atoms with van der Waals surface area (Å²) in [6, 6.07) is 0.443. The highest BCUT2D eigenvalue weighted by Crippen LogP contribution is 2.36. The summed E-state index contributed by atoms with van der Waals surface area (Å²) in [5.41, 5.74) is 5.18. The van der Waals surface area contributed by atoms with Crippen LogP contribution in [0.1, 0.15) is 56.4 Å². The maximum absolute atomic E-state index is 14.4. The lowest BCUT2D eigenvalue weighted by molar-refractivity contribution is -0.130. The fraction of sp³-hybridized carbons (Fsp3) is 0.520. The second kappa shape index (κ2) is 10.2. The van der Waals surface area contributed by atoms with E-state index in [1.54, 1.807) is 0 Å². The normalized spacial score (nSPS) is 20.2. The van der Waals surface area contributed by atoms with Crippen molar-refractivity contribution >= 4 is 46.1 Å². The third-order valence-electron chi connectivity index (χ3n) is 6.88. The second-order valence-electron chi connectivity index (χ2n) is 10.5. The summed E-state index contributed by atoms with van der Waals surface area (Å²) in [5.74, 6) is -2.85. The number of carbonyl (C=O) groups is 4. The summed E-state index contributed by atoms with van der Waals surface area (Å²) in [6.07, 6.45) is 2.76. The van der Waals surface area contributed by atoms with Gasteiger partial charge in [0.2, 0.25) is 17.7 Å². The van der Waals surface area contributed by atoms with Crippen molar-refractivity contribution in [1.29, 1.82) is 0 Å². The van der Waals surface area contributed by atoms with Crippen molar-refractivity contribution in [2.45, 2.75) is 63.6 Å². The standard InChI is InChI=1S/C25H31ClFN5O5/c1-25(2)10-12(22(34)32-25)7-16(21(28)33)30-23(35)17(6-11-4-5-11)31-24(36)18-8-13-19(29-18)15(27)9-14(26)20(13)37-3/h8-9,11-12,16-17,29H,4-7,10H2,1-3H3,(H2,28,33)(H,30,35)(H,31,36)(H,32,34)/t12-,16+,17+/m1/s1. The topological polar surface area (TPSA) is 155 Å². The molecule has 4 amide bonds. The molecule has 0 spiro atoms. The molecule has 2 heterocycles. The quantitative estimate of drug-likeness (QED) is 0.315. The van der Waals surface area contributed by atoms with Crippen LogP contribution in [0.5, 0.6) is 5.75 Å². The van der Waals surface area contributed by atoms with Crippen LogP contribution in [-0.4, -0.2) is 53.3 Å². The van der Waals surface area contributed by atoms with Crippen LogP contribution in [0.15, 0.2) is 12.1 Å². The van der Waals surface area contributed by atoms with Gasteiger partial charge in [-0.1, -0.05) is 24.4 Å². The van der Waals surface area contributed by atoms with Gasteiger partial charge in [-0.25, -0.2) is 4.39 Å². The maximum Gasteiger partial charge on any atom is 0.268 e. The Hall–Kier alpha value is -3.34. The number of nitrogens with two attached hydrogens (primary N) is 1. The highest BCUT2D eigenvalue weighted by molar-refractivity contribution is 6.33. The van der Waals surface area contributed by atoms with Gasteiger partial charge in [-0.05, 0) is 51.2 Å². The Balaban J connectivity index is 1.50. The maximum atomic E-state index is 14.4. The number of carbonyl (C=O) groups excluding carboxylic acids is 4. The molecule has 0 bridgehead atoms. The second-order valence-corrected chi connectivity index (χ2v) is 10.9. The number of aromatic nitrogens is 1. The van der Waals surface area contributed by atoms with Gasteiger partial charge in [-0.2, -0.15) is 0 Å². The largest absolute Gasteiger partial charge is 0.494 e. The molecule has 0 unspecified atom stereocenters. The van der Waals surface area contributed by atoms with Crippen molar-refractivity contribution in [3.63, 3.8) is 0 Å². The third kappa shape index (κ3) is 5.98. The van der Waals surface area contributed by atoms with Crippen LogP contribution in [0.4, 0.5) is 4.39 Å². The molecule has 4 rings (SSSR count). The Bertz CT molecular complexity index is 1260. The molecule has 1 aliphatic heterocycles. The molecule has 10 nitrogen and oxygen atoms in total. The first kappa shape index (κ1) is 26.7. The van der Waals surface area contributed by atoms with E-state index in [2.05, 4.69) is 20.9 Å². The van der Waals surface area contributed by atoms with Gasteiger partial charge in [-0.3, -0.25) is 19.2 Å². The first-order chi connectivity index (χ1) is 17.4. The number of primary amides is 1. The smallest absolute Gasteiger partial charge is 0.268 e. The summed E-state index contributed by atoms with van der Waals surface area (Å²) < 4.78 is 19.7. The summed E-state index contributed by atoms with van der Waals surface area (Å²) in [5, 5.41) is 8.52. The highest BCUT2D eigenvalue weighted by atomic mass is 35.5. The fourth-order valence-electron chi connectivity index (χ4n) is 4.87. The van der Waals surface area contributed by atoms with E-state index in [4.69, 9.17) is 22.1 Å². The average Bonchev–Trinajstić information content (AvgIpc) is 3.43. The number of amides is 4. The molecule has 200 valence electrons. The number of methoxy groups -OCH3 is 1. The molecule has 12 heteroatoms. The molecule has 0 radical (unpaired) electrons. The number of hydrogen-bond acceptors (Lipinski definition) is 5. The SMILES string of the molecule is COc1c(Cl)cc(F)c2[nH]c(C(=O)N[C@@H](CC3CC3)C(=O)N[C@@H](C[C@@H]3CC(C)(C)NC3=O)C(N)=O)cc12. The molecule has 2 fully saturated rings. The average molecular weight is 536 g/mol. The Labute approximate surface area is 218 Å². The number of ether oxygens (including phenoxy) is 1. The minimum absolute atomic E-state index is 0.0133. The van der Waals surface area contributed by atoms with Crippen LogP contribution in [0.2, 0.25) is 5.02 Å². The molecule has 3 atom stereocenters. The number of H-pyrrole nitrogens is 1. The van der Waals surface area contributed by atoms with Crippen LogP contribution in [0.3, 0.4) is 0 Å². The van der Waals surface area contributed by atoms with Crippen molar-refractivity contribution in [2.75, 3.05) is 7.11 Å². The molecule has 6 N–H and O–H groups in total. The molecular weight excluding hydrogens is 505 g/mol. The van der Waals surface area contributed by atoms with Crippen molar-refractivity contribution in [3.8, 4) is 5.75 Å². The lowest BCUT2D eigenvalue weighted by atomic mass is 9.91. The lowest BCUT2D eigenvalue weighted by Crippen LogP contribution is -2.53. The molecule has 2 aliphatic rings. The number of benzene rings is 1. The van der Waals surface area contributed by atoms with Gasteiger partial charge in [0, 0.05) is 16.8 Å². The minimum Gasteiger partial charge on any atom is -0.494 e. The number of halogens is 2. The summed E-state index contributed by atoms with van der Waals surface area (Å²) >= 11 is 6.05. The molecule has 1 aliphatic carbocycles. The monoisotopic (exact) mass is 535 g/mol. The predicted octanol–water partition coefficient (Wildman–Crippen LogP) is 2.14. The lowest BCUT2D eigenvalue weighted by Gasteiger charge is -2.23. The van der Waals surface area contributed by atoms with Crippen LogP contribution >= 0.6 is 11.6 Å².